The standard InChI is InChI=1S/C6H6.C2H6.CH3.Rb/c1-2-4-6-5-3-1;1-2;;/h1-6H;1-2H3;1H3;/q;;-1;+1. The molecule has 0 aromatic heterocycles. The molecule has 0 heterocycles. The summed E-state index contributed by atoms with van der Waals surface area (Å²) in [6.07, 6.45) is 0. The van der Waals surface area contributed by atoms with Crippen molar-refractivity contribution in [1.82, 2.24) is 0 Å². The second kappa shape index (κ2) is 16.5. The van der Waals surface area contributed by atoms with Gasteiger partial charge in [-0.3, -0.25) is 0 Å². The van der Waals surface area contributed by atoms with E-state index in [1.807, 2.05) is 50.2 Å². The third-order valence-electron chi connectivity index (χ3n) is 0.667. The second-order valence-electron chi connectivity index (χ2n) is 1.15. The fraction of sp³-hybridized carbons (Fsp3) is 0.222. The van der Waals surface area contributed by atoms with Crippen molar-refractivity contribution in [2.24, 2.45) is 0 Å². The first-order valence-electron chi connectivity index (χ1n) is 3.00. The largest absolute Gasteiger partial charge is 1.00 e. The third kappa shape index (κ3) is 11.8. The van der Waals surface area contributed by atoms with Gasteiger partial charge in [0.25, 0.3) is 0 Å². The van der Waals surface area contributed by atoms with E-state index in [0.717, 1.165) is 0 Å². The Kier molecular flexibility index (Phi) is 28.5. The van der Waals surface area contributed by atoms with Gasteiger partial charge in [-0.2, -0.15) is 0 Å². The quantitative estimate of drug-likeness (QED) is 0.534. The van der Waals surface area contributed by atoms with E-state index in [1.54, 1.807) is 0 Å². The summed E-state index contributed by atoms with van der Waals surface area (Å²) < 4.78 is 0. The Balaban J connectivity index is -0.000000114. The van der Waals surface area contributed by atoms with Crippen LogP contribution in [0.2, 0.25) is 0 Å². The van der Waals surface area contributed by atoms with Crippen molar-refractivity contribution < 1.29 is 58.2 Å². The van der Waals surface area contributed by atoms with Crippen LogP contribution in [0.4, 0.5) is 0 Å². The molecular weight excluding hydrogens is 194 g/mol. The molecule has 0 unspecified atom stereocenters. The summed E-state index contributed by atoms with van der Waals surface area (Å²) in [5.41, 5.74) is 0. The van der Waals surface area contributed by atoms with Gasteiger partial charge in [-0.15, -0.1) is 0 Å². The Morgan fingerprint density at radius 3 is 0.800 bits per heavy atom. The molecule has 0 aliphatic rings. The minimum absolute atomic E-state index is 0. The minimum atomic E-state index is 0. The molecule has 0 spiro atoms. The average molecular weight is 209 g/mol. The maximum atomic E-state index is 2.00. The SMILES string of the molecule is CC.[CH3-].[Rb+].c1ccccc1. The van der Waals surface area contributed by atoms with Gasteiger partial charge < -0.3 is 7.43 Å². The van der Waals surface area contributed by atoms with Gasteiger partial charge in [-0.25, -0.2) is 0 Å². The van der Waals surface area contributed by atoms with Crippen LogP contribution in [0.5, 0.6) is 0 Å². The Morgan fingerprint density at radius 2 is 0.700 bits per heavy atom. The molecular formula is C9H15Rb. The molecule has 0 nitrogen and oxygen atoms in total. The van der Waals surface area contributed by atoms with Crippen LogP contribution in [0.1, 0.15) is 13.8 Å². The molecule has 0 aliphatic carbocycles. The van der Waals surface area contributed by atoms with Gasteiger partial charge in [-0.1, -0.05) is 50.2 Å². The van der Waals surface area contributed by atoms with E-state index in [-0.39, 0.29) is 65.6 Å². The van der Waals surface area contributed by atoms with Crippen LogP contribution in [-0.4, -0.2) is 0 Å². The van der Waals surface area contributed by atoms with Crippen LogP contribution < -0.4 is 58.2 Å². The van der Waals surface area contributed by atoms with Gasteiger partial charge in [-0.05, 0) is 0 Å². The van der Waals surface area contributed by atoms with Gasteiger partial charge in [0.15, 0.2) is 0 Å². The molecule has 1 aromatic rings. The van der Waals surface area contributed by atoms with E-state index in [4.69, 9.17) is 0 Å². The fourth-order valence-electron chi connectivity index (χ4n) is 0.385. The van der Waals surface area contributed by atoms with Crippen molar-refractivity contribution in [2.45, 2.75) is 13.8 Å². The normalized spacial score (nSPS) is 5.40. The van der Waals surface area contributed by atoms with Crippen molar-refractivity contribution in [3.63, 3.8) is 0 Å². The molecule has 0 bridgehead atoms. The molecule has 0 saturated carbocycles. The molecule has 0 aliphatic heterocycles. The van der Waals surface area contributed by atoms with E-state index in [1.165, 1.54) is 0 Å². The van der Waals surface area contributed by atoms with Crippen molar-refractivity contribution in [2.75, 3.05) is 0 Å². The van der Waals surface area contributed by atoms with Gasteiger partial charge in [0.2, 0.25) is 0 Å². The summed E-state index contributed by atoms with van der Waals surface area (Å²) in [5.74, 6) is 0. The van der Waals surface area contributed by atoms with E-state index >= 15 is 0 Å². The van der Waals surface area contributed by atoms with Gasteiger partial charge in [0, 0.05) is 0 Å². The first kappa shape index (κ1) is 17.2. The summed E-state index contributed by atoms with van der Waals surface area (Å²) in [7, 11) is 0. The third-order valence-corrected chi connectivity index (χ3v) is 0.667. The van der Waals surface area contributed by atoms with Crippen LogP contribution in [0.25, 0.3) is 0 Å². The number of rotatable bonds is 0. The number of hydrogen-bond donors (Lipinski definition) is 0. The fourth-order valence-corrected chi connectivity index (χ4v) is 0.385. The maximum absolute atomic E-state index is 2.00. The molecule has 10 heavy (non-hydrogen) atoms. The zero-order chi connectivity index (χ0) is 6.24. The Bertz CT molecular complexity index is 76.7. The van der Waals surface area contributed by atoms with Crippen LogP contribution >= 0.6 is 0 Å². The van der Waals surface area contributed by atoms with Crippen molar-refractivity contribution in [3.05, 3.63) is 43.8 Å². The zero-order valence-electron chi connectivity index (χ0n) is 7.46. The first-order chi connectivity index (χ1) is 4.00. The van der Waals surface area contributed by atoms with E-state index in [0.29, 0.717) is 0 Å². The van der Waals surface area contributed by atoms with Crippen molar-refractivity contribution >= 4 is 0 Å². The number of hydrogen-bond acceptors (Lipinski definition) is 0. The molecule has 0 fully saturated rings. The van der Waals surface area contributed by atoms with Gasteiger partial charge in [0.05, 0.1) is 0 Å². The van der Waals surface area contributed by atoms with Gasteiger partial charge in [0.1, 0.15) is 0 Å². The summed E-state index contributed by atoms with van der Waals surface area (Å²) in [4.78, 5) is 0. The van der Waals surface area contributed by atoms with E-state index < -0.39 is 0 Å². The summed E-state index contributed by atoms with van der Waals surface area (Å²) in [6, 6.07) is 12.0. The van der Waals surface area contributed by atoms with Crippen LogP contribution in [-0.2, 0) is 0 Å². The minimum Gasteiger partial charge on any atom is -0.358 e. The van der Waals surface area contributed by atoms with Crippen LogP contribution in [0.3, 0.4) is 0 Å². The molecule has 0 N–H and O–H groups in total. The molecule has 1 rings (SSSR count). The Hall–Kier alpha value is 1.03. The summed E-state index contributed by atoms with van der Waals surface area (Å²) in [6.45, 7) is 4.00. The van der Waals surface area contributed by atoms with E-state index in [2.05, 4.69) is 0 Å². The average Bonchev–Trinajstić information content (AvgIpc) is 1.96. The molecule has 1 heteroatoms. The molecule has 0 amide bonds. The maximum Gasteiger partial charge on any atom is 1.00 e. The topological polar surface area (TPSA) is 0 Å². The Morgan fingerprint density at radius 1 is 0.600 bits per heavy atom. The van der Waals surface area contributed by atoms with Crippen molar-refractivity contribution in [3.8, 4) is 0 Å². The predicted molar refractivity (Wildman–Crippen MR) is 44.2 cm³/mol. The summed E-state index contributed by atoms with van der Waals surface area (Å²) in [5, 5.41) is 0. The predicted octanol–water partition coefficient (Wildman–Crippen LogP) is 0.167. The zero-order valence-corrected chi connectivity index (χ0v) is 12.4. The van der Waals surface area contributed by atoms with Crippen LogP contribution in [0.15, 0.2) is 36.4 Å². The van der Waals surface area contributed by atoms with Crippen LogP contribution in [0, 0.1) is 7.43 Å². The molecule has 52 valence electrons. The number of benzene rings is 1. The second-order valence-corrected chi connectivity index (χ2v) is 1.15. The molecule has 1 aromatic carbocycles. The van der Waals surface area contributed by atoms with E-state index in [9.17, 15) is 0 Å². The Labute approximate surface area is 114 Å². The smallest absolute Gasteiger partial charge is 0.358 e. The molecule has 0 radical (unpaired) electrons. The molecule has 0 saturated heterocycles. The van der Waals surface area contributed by atoms with Crippen molar-refractivity contribution in [1.29, 1.82) is 0 Å². The first-order valence-corrected chi connectivity index (χ1v) is 3.00. The molecule has 0 atom stereocenters. The summed E-state index contributed by atoms with van der Waals surface area (Å²) >= 11 is 0. The monoisotopic (exact) mass is 208 g/mol. The van der Waals surface area contributed by atoms with Gasteiger partial charge >= 0.3 is 58.2 Å².